The molecule has 1 atom stereocenters. The zero-order valence-electron chi connectivity index (χ0n) is 15.3. The molecule has 4 nitrogen and oxygen atoms in total. The van der Waals surface area contributed by atoms with Gasteiger partial charge in [-0.2, -0.15) is 0 Å². The number of hydrogen-bond acceptors (Lipinski definition) is 3. The summed E-state index contributed by atoms with van der Waals surface area (Å²) in [5.74, 6) is -0.213. The third kappa shape index (κ3) is 4.09. The highest BCUT2D eigenvalue weighted by molar-refractivity contribution is 6.03. The molecule has 26 heavy (non-hydrogen) atoms. The monoisotopic (exact) mass is 345 g/mol. The van der Waals surface area contributed by atoms with Gasteiger partial charge in [-0.3, -0.25) is 9.78 Å². The van der Waals surface area contributed by atoms with Crippen LogP contribution in [0, 0.1) is 13.8 Å². The minimum Gasteiger partial charge on any atom is -0.378 e. The Bertz CT molecular complexity index is 906. The van der Waals surface area contributed by atoms with Crippen molar-refractivity contribution in [2.45, 2.75) is 26.8 Å². The number of rotatable bonds is 5. The van der Waals surface area contributed by atoms with Crippen LogP contribution in [0.4, 0.5) is 11.4 Å². The highest BCUT2D eigenvalue weighted by atomic mass is 16.1. The number of nitrogens with zero attached hydrogens (tertiary/aromatic N) is 1. The molecular weight excluding hydrogens is 322 g/mol. The number of amides is 1. The van der Waals surface area contributed by atoms with Crippen LogP contribution in [0.1, 0.15) is 40.1 Å². The normalized spacial score (nSPS) is 11.7. The van der Waals surface area contributed by atoms with Crippen molar-refractivity contribution in [1.29, 1.82) is 0 Å². The van der Waals surface area contributed by atoms with Crippen LogP contribution < -0.4 is 10.6 Å². The number of hydrogen-bond donors (Lipinski definition) is 2. The Morgan fingerprint density at radius 2 is 1.77 bits per heavy atom. The number of carbonyl (C=O) groups excluding carboxylic acids is 1. The Hall–Kier alpha value is -3.14. The van der Waals surface area contributed by atoms with Crippen LogP contribution in [-0.4, -0.2) is 10.9 Å². The average Bonchev–Trinajstić information content (AvgIpc) is 2.66. The molecule has 3 rings (SSSR count). The lowest BCUT2D eigenvalue weighted by Crippen LogP contribution is -2.15. The van der Waals surface area contributed by atoms with E-state index in [1.165, 1.54) is 5.56 Å². The molecule has 4 heteroatoms. The molecule has 0 aliphatic rings. The summed E-state index contributed by atoms with van der Waals surface area (Å²) in [6, 6.07) is 19.8. The van der Waals surface area contributed by atoms with Crippen molar-refractivity contribution < 1.29 is 4.79 Å². The Kier molecular flexibility index (Phi) is 5.32. The fraction of sp³-hybridized carbons (Fsp3) is 0.182. The Morgan fingerprint density at radius 3 is 2.54 bits per heavy atom. The zero-order chi connectivity index (χ0) is 18.5. The lowest BCUT2D eigenvalue weighted by atomic mass is 10.1. The molecule has 1 unspecified atom stereocenters. The number of carbonyl (C=O) groups is 1. The first-order valence-corrected chi connectivity index (χ1v) is 8.69. The maximum absolute atomic E-state index is 12.6. The van der Waals surface area contributed by atoms with Crippen molar-refractivity contribution in [3.05, 3.63) is 89.2 Å². The molecule has 0 saturated carbocycles. The van der Waals surface area contributed by atoms with E-state index in [4.69, 9.17) is 0 Å². The summed E-state index contributed by atoms with van der Waals surface area (Å²) in [5, 5.41) is 6.37. The molecule has 1 aromatic heterocycles. The van der Waals surface area contributed by atoms with E-state index >= 15 is 0 Å². The SMILES string of the molecule is Cc1cccc(NC(=O)c2cc(NC(C)c3ccccc3)ccn2)c1C. The van der Waals surface area contributed by atoms with Gasteiger partial charge in [0.1, 0.15) is 5.69 Å². The smallest absolute Gasteiger partial charge is 0.274 e. The van der Waals surface area contributed by atoms with Crippen LogP contribution in [0.15, 0.2) is 66.9 Å². The average molecular weight is 345 g/mol. The molecule has 0 fully saturated rings. The first-order chi connectivity index (χ1) is 12.5. The van der Waals surface area contributed by atoms with Crippen LogP contribution >= 0.6 is 0 Å². The molecule has 0 radical (unpaired) electrons. The van der Waals surface area contributed by atoms with E-state index in [9.17, 15) is 4.79 Å². The second-order valence-corrected chi connectivity index (χ2v) is 6.41. The first kappa shape index (κ1) is 17.7. The maximum Gasteiger partial charge on any atom is 0.274 e. The van der Waals surface area contributed by atoms with Gasteiger partial charge in [-0.25, -0.2) is 0 Å². The Morgan fingerprint density at radius 1 is 1.00 bits per heavy atom. The van der Waals surface area contributed by atoms with E-state index in [0.717, 1.165) is 22.5 Å². The number of anilines is 2. The summed E-state index contributed by atoms with van der Waals surface area (Å²) >= 11 is 0. The molecule has 1 amide bonds. The third-order valence-electron chi connectivity index (χ3n) is 4.53. The van der Waals surface area contributed by atoms with Crippen LogP contribution in [0.3, 0.4) is 0 Å². The van der Waals surface area contributed by atoms with E-state index in [0.29, 0.717) is 5.69 Å². The van der Waals surface area contributed by atoms with Crippen molar-refractivity contribution in [2.75, 3.05) is 10.6 Å². The highest BCUT2D eigenvalue weighted by Crippen LogP contribution is 2.21. The first-order valence-electron chi connectivity index (χ1n) is 8.69. The number of nitrogens with one attached hydrogen (secondary N) is 2. The quantitative estimate of drug-likeness (QED) is 0.674. The van der Waals surface area contributed by atoms with Gasteiger partial charge in [0, 0.05) is 23.6 Å². The predicted molar refractivity (Wildman–Crippen MR) is 107 cm³/mol. The largest absolute Gasteiger partial charge is 0.378 e. The molecule has 2 aromatic carbocycles. The summed E-state index contributed by atoms with van der Waals surface area (Å²) < 4.78 is 0. The molecular formula is C22H23N3O. The van der Waals surface area contributed by atoms with Crippen LogP contribution in [0.2, 0.25) is 0 Å². The predicted octanol–water partition coefficient (Wildman–Crippen LogP) is 5.12. The van der Waals surface area contributed by atoms with E-state index in [1.807, 2.05) is 56.3 Å². The van der Waals surface area contributed by atoms with Crippen molar-refractivity contribution in [2.24, 2.45) is 0 Å². The minimum absolute atomic E-state index is 0.133. The van der Waals surface area contributed by atoms with Crippen LogP contribution in [0.5, 0.6) is 0 Å². The molecule has 0 spiro atoms. The molecule has 0 bridgehead atoms. The minimum atomic E-state index is -0.213. The molecule has 0 aliphatic heterocycles. The van der Waals surface area contributed by atoms with Gasteiger partial charge in [-0.15, -0.1) is 0 Å². The number of aromatic nitrogens is 1. The molecule has 0 aliphatic carbocycles. The van der Waals surface area contributed by atoms with E-state index in [1.54, 1.807) is 12.3 Å². The summed E-state index contributed by atoms with van der Waals surface area (Å²) in [7, 11) is 0. The van der Waals surface area contributed by atoms with E-state index in [-0.39, 0.29) is 11.9 Å². The molecule has 1 heterocycles. The second kappa shape index (κ2) is 7.83. The summed E-state index contributed by atoms with van der Waals surface area (Å²) in [6.45, 7) is 6.11. The van der Waals surface area contributed by atoms with Crippen molar-refractivity contribution in [1.82, 2.24) is 4.98 Å². The Labute approximate surface area is 154 Å². The van der Waals surface area contributed by atoms with Crippen molar-refractivity contribution in [3.63, 3.8) is 0 Å². The van der Waals surface area contributed by atoms with E-state index < -0.39 is 0 Å². The lowest BCUT2D eigenvalue weighted by molar-refractivity contribution is 0.102. The third-order valence-corrected chi connectivity index (χ3v) is 4.53. The fourth-order valence-corrected chi connectivity index (χ4v) is 2.79. The van der Waals surface area contributed by atoms with Gasteiger partial charge in [-0.05, 0) is 55.7 Å². The molecule has 3 aromatic rings. The Balaban J connectivity index is 1.74. The van der Waals surface area contributed by atoms with Gasteiger partial charge in [0.05, 0.1) is 0 Å². The zero-order valence-corrected chi connectivity index (χ0v) is 15.3. The summed E-state index contributed by atoms with van der Waals surface area (Å²) in [6.07, 6.45) is 1.65. The van der Waals surface area contributed by atoms with Gasteiger partial charge in [-0.1, -0.05) is 42.5 Å². The highest BCUT2D eigenvalue weighted by Gasteiger charge is 2.12. The lowest BCUT2D eigenvalue weighted by Gasteiger charge is -2.16. The van der Waals surface area contributed by atoms with Gasteiger partial charge in [0.2, 0.25) is 0 Å². The number of aryl methyl sites for hydroxylation is 1. The van der Waals surface area contributed by atoms with Crippen LogP contribution in [-0.2, 0) is 0 Å². The maximum atomic E-state index is 12.6. The van der Waals surface area contributed by atoms with Gasteiger partial charge in [0.25, 0.3) is 5.91 Å². The molecule has 132 valence electrons. The molecule has 2 N–H and O–H groups in total. The second-order valence-electron chi connectivity index (χ2n) is 6.41. The van der Waals surface area contributed by atoms with Crippen molar-refractivity contribution in [3.8, 4) is 0 Å². The van der Waals surface area contributed by atoms with Gasteiger partial charge < -0.3 is 10.6 Å². The number of benzene rings is 2. The summed E-state index contributed by atoms with van der Waals surface area (Å²) in [4.78, 5) is 16.8. The standard InChI is InChI=1S/C22H23N3O/c1-15-8-7-11-20(16(15)2)25-22(26)21-14-19(12-13-23-21)24-17(3)18-9-5-4-6-10-18/h4-14,17H,1-3H3,(H,23,24)(H,25,26). The van der Waals surface area contributed by atoms with Gasteiger partial charge >= 0.3 is 0 Å². The number of pyridine rings is 1. The van der Waals surface area contributed by atoms with E-state index in [2.05, 4.69) is 34.7 Å². The fourth-order valence-electron chi connectivity index (χ4n) is 2.79. The van der Waals surface area contributed by atoms with Gasteiger partial charge in [0.15, 0.2) is 0 Å². The van der Waals surface area contributed by atoms with Crippen LogP contribution in [0.25, 0.3) is 0 Å². The molecule has 0 saturated heterocycles. The topological polar surface area (TPSA) is 54.0 Å². The van der Waals surface area contributed by atoms with Crippen molar-refractivity contribution >= 4 is 17.3 Å². The summed E-state index contributed by atoms with van der Waals surface area (Å²) in [5.41, 5.74) is 5.45.